The van der Waals surface area contributed by atoms with Gasteiger partial charge in [-0.3, -0.25) is 0 Å². The minimum Gasteiger partial charge on any atom is -0.309 e. The molecule has 342 valence electrons. The summed E-state index contributed by atoms with van der Waals surface area (Å²) in [6, 6.07) is 73.9. The molecule has 0 radical (unpaired) electrons. The summed E-state index contributed by atoms with van der Waals surface area (Å²) in [7, 11) is 0. The van der Waals surface area contributed by atoms with Gasteiger partial charge in [-0.25, -0.2) is 0 Å². The summed E-state index contributed by atoms with van der Waals surface area (Å²) in [6.07, 6.45) is 0. The molecule has 0 atom stereocenters. The number of para-hydroxylation sites is 2. The molecule has 1 heterocycles. The quantitative estimate of drug-likeness (QED) is 0.140. The minimum atomic E-state index is 1.18. The van der Waals surface area contributed by atoms with Crippen molar-refractivity contribution in [2.75, 3.05) is 0 Å². The van der Waals surface area contributed by atoms with E-state index in [0.717, 1.165) is 0 Å². The van der Waals surface area contributed by atoms with Crippen LogP contribution in [0.15, 0.2) is 200 Å². The number of aryl methyl sites for hydroxylation is 4. The zero-order valence-corrected chi connectivity index (χ0v) is 42.0. The van der Waals surface area contributed by atoms with Gasteiger partial charge in [-0.1, -0.05) is 170 Å². The molecule has 0 unspecified atom stereocenters. The van der Waals surface area contributed by atoms with E-state index in [1.807, 2.05) is 0 Å². The SMILES string of the molecule is Cc1c(C)c(C)c2c(-c3ccc(-c4ccc(-c5ccc6c(c5)c5ccccc5n6-c5ccccc5)cc4)cc3)c3c(C)c(C)c(C)c(C)c3c(-c3ccc(-c4ccc(-c5ccccc5)cc4)cc3)c2c1C. The van der Waals surface area contributed by atoms with Gasteiger partial charge in [-0.05, 0) is 219 Å². The van der Waals surface area contributed by atoms with Gasteiger partial charge in [0.25, 0.3) is 0 Å². The topological polar surface area (TPSA) is 4.93 Å². The normalized spacial score (nSPS) is 11.7. The highest BCUT2D eigenvalue weighted by atomic mass is 15.0. The van der Waals surface area contributed by atoms with Gasteiger partial charge >= 0.3 is 0 Å². The molecule has 0 spiro atoms. The molecule has 12 rings (SSSR count). The summed E-state index contributed by atoms with van der Waals surface area (Å²) in [4.78, 5) is 0. The highest BCUT2D eigenvalue weighted by Crippen LogP contribution is 2.51. The van der Waals surface area contributed by atoms with Crippen LogP contribution in [-0.2, 0) is 0 Å². The van der Waals surface area contributed by atoms with Crippen LogP contribution in [0.3, 0.4) is 0 Å². The molecule has 0 aliphatic heterocycles. The van der Waals surface area contributed by atoms with Gasteiger partial charge in [0.15, 0.2) is 0 Å². The Morgan fingerprint density at radius 2 is 0.521 bits per heavy atom. The number of hydrogen-bond donors (Lipinski definition) is 0. The highest BCUT2D eigenvalue weighted by Gasteiger charge is 2.26. The van der Waals surface area contributed by atoms with E-state index in [2.05, 4.69) is 260 Å². The van der Waals surface area contributed by atoms with E-state index in [1.165, 1.54) is 160 Å². The third-order valence-corrected chi connectivity index (χ3v) is 16.3. The molecule has 12 aromatic rings. The van der Waals surface area contributed by atoms with Crippen LogP contribution in [0.2, 0.25) is 0 Å². The van der Waals surface area contributed by atoms with Crippen molar-refractivity contribution in [3.05, 3.63) is 245 Å². The average molecular weight is 912 g/mol. The van der Waals surface area contributed by atoms with Gasteiger partial charge in [-0.2, -0.15) is 0 Å². The van der Waals surface area contributed by atoms with Gasteiger partial charge in [0, 0.05) is 16.5 Å². The maximum atomic E-state index is 2.38. The number of nitrogens with zero attached hydrogens (tertiary/aromatic N) is 1. The maximum Gasteiger partial charge on any atom is 0.0541 e. The van der Waals surface area contributed by atoms with Crippen molar-refractivity contribution in [2.45, 2.75) is 55.4 Å². The maximum absolute atomic E-state index is 2.38. The molecule has 0 aliphatic rings. The lowest BCUT2D eigenvalue weighted by atomic mass is 9.76. The van der Waals surface area contributed by atoms with Gasteiger partial charge in [0.2, 0.25) is 0 Å². The fourth-order valence-corrected chi connectivity index (χ4v) is 11.7. The molecule has 0 bridgehead atoms. The van der Waals surface area contributed by atoms with Crippen LogP contribution < -0.4 is 0 Å². The first-order valence-electron chi connectivity index (χ1n) is 25.1. The summed E-state index contributed by atoms with van der Waals surface area (Å²) >= 11 is 0. The van der Waals surface area contributed by atoms with E-state index in [4.69, 9.17) is 0 Å². The molecule has 0 amide bonds. The Hall–Kier alpha value is -8.26. The Morgan fingerprint density at radius 3 is 0.930 bits per heavy atom. The van der Waals surface area contributed by atoms with Crippen LogP contribution in [0, 0.1) is 55.4 Å². The first-order valence-corrected chi connectivity index (χ1v) is 25.1. The van der Waals surface area contributed by atoms with Gasteiger partial charge in [-0.15, -0.1) is 0 Å². The largest absolute Gasteiger partial charge is 0.309 e. The smallest absolute Gasteiger partial charge is 0.0541 e. The molecule has 11 aromatic carbocycles. The number of aromatic nitrogens is 1. The zero-order valence-electron chi connectivity index (χ0n) is 42.0. The van der Waals surface area contributed by atoms with Crippen LogP contribution in [0.5, 0.6) is 0 Å². The van der Waals surface area contributed by atoms with Crippen molar-refractivity contribution in [3.8, 4) is 72.4 Å². The second-order valence-corrected chi connectivity index (χ2v) is 19.8. The molecule has 0 saturated carbocycles. The van der Waals surface area contributed by atoms with Crippen molar-refractivity contribution < 1.29 is 0 Å². The predicted octanol–water partition coefficient (Wildman–Crippen LogP) is 19.6. The third-order valence-electron chi connectivity index (χ3n) is 16.3. The third kappa shape index (κ3) is 7.13. The second-order valence-electron chi connectivity index (χ2n) is 19.8. The van der Waals surface area contributed by atoms with Crippen LogP contribution in [0.25, 0.3) is 116 Å². The lowest BCUT2D eigenvalue weighted by Crippen LogP contribution is -2.03. The highest BCUT2D eigenvalue weighted by molar-refractivity contribution is 6.25. The molecular formula is C70H57N. The predicted molar refractivity (Wildman–Crippen MR) is 306 cm³/mol. The minimum absolute atomic E-state index is 1.18. The average Bonchev–Trinajstić information content (AvgIpc) is 3.76. The van der Waals surface area contributed by atoms with E-state index >= 15 is 0 Å². The lowest BCUT2D eigenvalue weighted by molar-refractivity contribution is 1.18. The summed E-state index contributed by atoms with van der Waals surface area (Å²) in [5.41, 5.74) is 29.5. The van der Waals surface area contributed by atoms with Crippen LogP contribution in [-0.4, -0.2) is 4.57 Å². The van der Waals surface area contributed by atoms with Crippen LogP contribution in [0.4, 0.5) is 0 Å². The van der Waals surface area contributed by atoms with E-state index in [1.54, 1.807) is 0 Å². The van der Waals surface area contributed by atoms with Crippen molar-refractivity contribution in [1.29, 1.82) is 0 Å². The Labute approximate surface area is 418 Å². The van der Waals surface area contributed by atoms with Crippen LogP contribution >= 0.6 is 0 Å². The van der Waals surface area contributed by atoms with Gasteiger partial charge in [0.1, 0.15) is 0 Å². The van der Waals surface area contributed by atoms with E-state index < -0.39 is 0 Å². The number of benzene rings is 11. The van der Waals surface area contributed by atoms with Gasteiger partial charge < -0.3 is 4.57 Å². The number of fused-ring (bicyclic) bond motifs is 5. The van der Waals surface area contributed by atoms with E-state index in [9.17, 15) is 0 Å². The molecule has 71 heavy (non-hydrogen) atoms. The van der Waals surface area contributed by atoms with Gasteiger partial charge in [0.05, 0.1) is 11.0 Å². The molecule has 0 fully saturated rings. The molecule has 0 aliphatic carbocycles. The summed E-state index contributed by atoms with van der Waals surface area (Å²) in [6.45, 7) is 18.7. The Morgan fingerprint density at radius 1 is 0.225 bits per heavy atom. The summed E-state index contributed by atoms with van der Waals surface area (Å²) in [5, 5.41) is 7.98. The Bertz CT molecular complexity index is 3960. The lowest BCUT2D eigenvalue weighted by Gasteiger charge is -2.27. The summed E-state index contributed by atoms with van der Waals surface area (Å²) < 4.78 is 2.38. The van der Waals surface area contributed by atoms with E-state index in [0.29, 0.717) is 0 Å². The standard InChI is InChI=1S/C70H57N/c1-42-44(3)48(7)67-65(46(42)5)69(57-35-31-54(32-36-57)52-25-23-51(24-26-52)50-17-11-9-12-18-50)66-47(6)43(2)45(4)49(8)68(66)70(67)58-37-33-55(34-38-58)53-27-29-56(30-28-53)59-39-40-64-62(41-59)61-21-15-16-22-63(61)71(64)60-19-13-10-14-20-60/h9-41H,1-8H3. The first kappa shape index (κ1) is 44.0. The van der Waals surface area contributed by atoms with E-state index in [-0.39, 0.29) is 0 Å². The monoisotopic (exact) mass is 911 g/mol. The molecule has 1 aromatic heterocycles. The Kier molecular flexibility index (Phi) is 10.7. The fraction of sp³-hybridized carbons (Fsp3) is 0.114. The second kappa shape index (κ2) is 17.3. The molecule has 1 nitrogen and oxygen atoms in total. The first-order chi connectivity index (χ1) is 34.6. The molecule has 1 heteroatoms. The zero-order chi connectivity index (χ0) is 48.7. The summed E-state index contributed by atoms with van der Waals surface area (Å²) in [5.74, 6) is 0. The molecular weight excluding hydrogens is 855 g/mol. The van der Waals surface area contributed by atoms with Crippen molar-refractivity contribution >= 4 is 43.4 Å². The van der Waals surface area contributed by atoms with Crippen molar-refractivity contribution in [3.63, 3.8) is 0 Å². The van der Waals surface area contributed by atoms with Crippen molar-refractivity contribution in [2.24, 2.45) is 0 Å². The molecule has 0 N–H and O–H groups in total. The van der Waals surface area contributed by atoms with Crippen LogP contribution in [0.1, 0.15) is 44.5 Å². The Balaban J connectivity index is 0.956. The number of rotatable bonds is 7. The van der Waals surface area contributed by atoms with Crippen molar-refractivity contribution in [1.82, 2.24) is 4.57 Å². The fourth-order valence-electron chi connectivity index (χ4n) is 11.7. The molecule has 0 saturated heterocycles. The number of hydrogen-bond acceptors (Lipinski definition) is 0.